The van der Waals surface area contributed by atoms with Gasteiger partial charge in [0.2, 0.25) is 0 Å². The first-order valence-electron chi connectivity index (χ1n) is 6.55. The van der Waals surface area contributed by atoms with Crippen LogP contribution in [0, 0.1) is 0 Å². The molecule has 1 aromatic carbocycles. The summed E-state index contributed by atoms with van der Waals surface area (Å²) in [5.41, 5.74) is 1.96. The van der Waals surface area contributed by atoms with Crippen LogP contribution in [0.2, 0.25) is 0 Å². The largest absolute Gasteiger partial charge is 0.478 e. The second-order valence-electron chi connectivity index (χ2n) is 4.98. The molecule has 0 amide bonds. The molecule has 5 heteroatoms. The lowest BCUT2D eigenvalue weighted by Crippen LogP contribution is -2.04. The lowest BCUT2D eigenvalue weighted by molar-refractivity contribution is 0.0697. The summed E-state index contributed by atoms with van der Waals surface area (Å²) in [5, 5.41) is 18.0. The molecule has 5 nitrogen and oxygen atoms in total. The van der Waals surface area contributed by atoms with Crippen LogP contribution in [-0.2, 0) is 6.54 Å². The molecule has 1 heterocycles. The first kappa shape index (κ1) is 12.2. The van der Waals surface area contributed by atoms with Crippen LogP contribution in [0.25, 0.3) is 11.0 Å². The Balaban J connectivity index is 2.09. The molecule has 0 unspecified atom stereocenters. The van der Waals surface area contributed by atoms with E-state index in [2.05, 4.69) is 9.55 Å². The van der Waals surface area contributed by atoms with Crippen LogP contribution >= 0.6 is 0 Å². The van der Waals surface area contributed by atoms with Crippen LogP contribution in [0.5, 0.6) is 0 Å². The minimum atomic E-state index is -0.931. The van der Waals surface area contributed by atoms with Crippen molar-refractivity contribution >= 4 is 17.0 Å². The summed E-state index contributed by atoms with van der Waals surface area (Å²) in [6, 6.07) is 5.05. The number of aliphatic hydroxyl groups is 1. The Morgan fingerprint density at radius 1 is 1.42 bits per heavy atom. The number of aromatic carboxylic acids is 1. The van der Waals surface area contributed by atoms with Gasteiger partial charge in [0, 0.05) is 19.1 Å². The summed E-state index contributed by atoms with van der Waals surface area (Å²) >= 11 is 0. The quantitative estimate of drug-likeness (QED) is 0.862. The van der Waals surface area contributed by atoms with Gasteiger partial charge in [-0.3, -0.25) is 0 Å². The molecule has 0 bridgehead atoms. The van der Waals surface area contributed by atoms with E-state index in [1.54, 1.807) is 12.1 Å². The van der Waals surface area contributed by atoms with Gasteiger partial charge in [-0.05, 0) is 37.5 Å². The summed E-state index contributed by atoms with van der Waals surface area (Å²) in [4.78, 5) is 15.6. The minimum absolute atomic E-state index is 0.150. The third-order valence-corrected chi connectivity index (χ3v) is 3.51. The first-order chi connectivity index (χ1) is 9.20. The zero-order valence-corrected chi connectivity index (χ0v) is 10.5. The number of aliphatic hydroxyl groups excluding tert-OH is 1. The van der Waals surface area contributed by atoms with Crippen molar-refractivity contribution in [1.29, 1.82) is 0 Å². The molecule has 0 radical (unpaired) electrons. The molecule has 100 valence electrons. The van der Waals surface area contributed by atoms with Gasteiger partial charge in [0.15, 0.2) is 0 Å². The molecule has 1 aromatic heterocycles. The zero-order valence-electron chi connectivity index (χ0n) is 10.5. The van der Waals surface area contributed by atoms with Crippen molar-refractivity contribution in [3.63, 3.8) is 0 Å². The van der Waals surface area contributed by atoms with Crippen molar-refractivity contribution in [3.05, 3.63) is 29.6 Å². The number of aromatic nitrogens is 2. The number of nitrogens with zero attached hydrogens (tertiary/aromatic N) is 2. The van der Waals surface area contributed by atoms with Gasteiger partial charge in [0.25, 0.3) is 0 Å². The Hall–Kier alpha value is -1.88. The maximum absolute atomic E-state index is 11.0. The highest BCUT2D eigenvalue weighted by atomic mass is 16.4. The molecule has 2 N–H and O–H groups in total. The summed E-state index contributed by atoms with van der Waals surface area (Å²) in [5.74, 6) is 0.602. The van der Waals surface area contributed by atoms with Gasteiger partial charge in [-0.1, -0.05) is 0 Å². The van der Waals surface area contributed by atoms with Crippen LogP contribution in [0.1, 0.15) is 41.4 Å². The number of hydrogen-bond acceptors (Lipinski definition) is 3. The predicted molar refractivity (Wildman–Crippen MR) is 70.4 cm³/mol. The van der Waals surface area contributed by atoms with Gasteiger partial charge < -0.3 is 14.8 Å². The van der Waals surface area contributed by atoms with E-state index in [-0.39, 0.29) is 12.2 Å². The number of carboxylic acid groups (broad SMARTS) is 1. The summed E-state index contributed by atoms with van der Waals surface area (Å²) in [6.07, 6.45) is 2.98. The molecule has 1 fully saturated rings. The van der Waals surface area contributed by atoms with Crippen LogP contribution in [0.4, 0.5) is 0 Å². The van der Waals surface area contributed by atoms with Gasteiger partial charge in [0.1, 0.15) is 5.82 Å². The lowest BCUT2D eigenvalue weighted by atomic mass is 10.2. The SMILES string of the molecule is O=C(O)c1ccc2c(c1)nc(C1CC1)n2CCCO. The van der Waals surface area contributed by atoms with Crippen LogP contribution in [0.3, 0.4) is 0 Å². The highest BCUT2D eigenvalue weighted by molar-refractivity contribution is 5.92. The van der Waals surface area contributed by atoms with E-state index in [0.717, 1.165) is 36.2 Å². The number of rotatable bonds is 5. The average molecular weight is 260 g/mol. The van der Waals surface area contributed by atoms with Crippen molar-refractivity contribution < 1.29 is 15.0 Å². The molecule has 1 aliphatic rings. The maximum Gasteiger partial charge on any atom is 0.335 e. The Morgan fingerprint density at radius 3 is 2.84 bits per heavy atom. The van der Waals surface area contributed by atoms with Gasteiger partial charge in [-0.2, -0.15) is 0 Å². The molecule has 2 aromatic rings. The minimum Gasteiger partial charge on any atom is -0.478 e. The number of carboxylic acids is 1. The highest BCUT2D eigenvalue weighted by Gasteiger charge is 2.29. The number of carbonyl (C=O) groups is 1. The van der Waals surface area contributed by atoms with Crippen molar-refractivity contribution in [2.45, 2.75) is 31.7 Å². The van der Waals surface area contributed by atoms with E-state index >= 15 is 0 Å². The van der Waals surface area contributed by atoms with Gasteiger partial charge in [0.05, 0.1) is 16.6 Å². The Morgan fingerprint density at radius 2 is 2.21 bits per heavy atom. The highest BCUT2D eigenvalue weighted by Crippen LogP contribution is 2.40. The normalized spacial score (nSPS) is 15.0. The van der Waals surface area contributed by atoms with Crippen molar-refractivity contribution in [1.82, 2.24) is 9.55 Å². The molecular weight excluding hydrogens is 244 g/mol. The number of benzene rings is 1. The van der Waals surface area contributed by atoms with Crippen molar-refractivity contribution in [2.24, 2.45) is 0 Å². The molecule has 1 saturated carbocycles. The van der Waals surface area contributed by atoms with E-state index in [4.69, 9.17) is 10.2 Å². The monoisotopic (exact) mass is 260 g/mol. The average Bonchev–Trinajstić information content (AvgIpc) is 3.18. The number of hydrogen-bond donors (Lipinski definition) is 2. The van der Waals surface area contributed by atoms with E-state index in [1.807, 2.05) is 6.07 Å². The summed E-state index contributed by atoms with van der Waals surface area (Å²) in [6.45, 7) is 0.877. The van der Waals surface area contributed by atoms with Crippen LogP contribution in [-0.4, -0.2) is 32.3 Å². The van der Waals surface area contributed by atoms with Crippen molar-refractivity contribution in [2.75, 3.05) is 6.61 Å². The summed E-state index contributed by atoms with van der Waals surface area (Å²) in [7, 11) is 0. The first-order valence-corrected chi connectivity index (χ1v) is 6.55. The molecule has 1 aliphatic carbocycles. The van der Waals surface area contributed by atoms with Crippen molar-refractivity contribution in [3.8, 4) is 0 Å². The van der Waals surface area contributed by atoms with Gasteiger partial charge in [-0.25, -0.2) is 9.78 Å². The van der Waals surface area contributed by atoms with Crippen LogP contribution in [0.15, 0.2) is 18.2 Å². The van der Waals surface area contributed by atoms with E-state index in [1.165, 1.54) is 0 Å². The van der Waals surface area contributed by atoms with E-state index in [9.17, 15) is 4.79 Å². The number of imidazole rings is 1. The Kier molecular flexibility index (Phi) is 2.98. The van der Waals surface area contributed by atoms with E-state index < -0.39 is 5.97 Å². The number of aryl methyl sites for hydroxylation is 1. The maximum atomic E-state index is 11.0. The fourth-order valence-electron chi connectivity index (χ4n) is 2.40. The van der Waals surface area contributed by atoms with E-state index in [0.29, 0.717) is 12.3 Å². The molecule has 3 rings (SSSR count). The molecule has 0 atom stereocenters. The fraction of sp³-hybridized carbons (Fsp3) is 0.429. The molecular formula is C14H16N2O3. The zero-order chi connectivity index (χ0) is 13.4. The predicted octanol–water partition coefficient (Wildman–Crippen LogP) is 1.99. The van der Waals surface area contributed by atoms with Crippen LogP contribution < -0.4 is 0 Å². The smallest absolute Gasteiger partial charge is 0.335 e. The Labute approximate surface area is 110 Å². The fourth-order valence-corrected chi connectivity index (χ4v) is 2.40. The molecule has 19 heavy (non-hydrogen) atoms. The van der Waals surface area contributed by atoms with Gasteiger partial charge in [-0.15, -0.1) is 0 Å². The summed E-state index contributed by atoms with van der Waals surface area (Å²) < 4.78 is 2.12. The third-order valence-electron chi connectivity index (χ3n) is 3.51. The standard InChI is InChI=1S/C14H16N2O3/c17-7-1-6-16-12-5-4-10(14(18)19)8-11(12)15-13(16)9-2-3-9/h4-5,8-9,17H,1-3,6-7H2,(H,18,19). The topological polar surface area (TPSA) is 75.3 Å². The Bertz CT molecular complexity index is 629. The second-order valence-corrected chi connectivity index (χ2v) is 4.98. The molecule has 0 spiro atoms. The number of fused-ring (bicyclic) bond motifs is 1. The second kappa shape index (κ2) is 4.66. The third kappa shape index (κ3) is 2.21. The molecule has 0 saturated heterocycles. The lowest BCUT2D eigenvalue weighted by Gasteiger charge is -2.07. The van der Waals surface area contributed by atoms with Gasteiger partial charge >= 0.3 is 5.97 Å². The molecule has 0 aliphatic heterocycles.